The Morgan fingerprint density at radius 2 is 1.00 bits per heavy atom. The Balaban J connectivity index is 0. The number of aliphatic carboxylic acids is 2. The van der Waals surface area contributed by atoms with E-state index in [1.165, 1.54) is 0 Å². The normalized spacial score (nSPS) is 10.4. The molecule has 6 heteroatoms. The van der Waals surface area contributed by atoms with E-state index in [1.807, 2.05) is 0 Å². The van der Waals surface area contributed by atoms with Crippen molar-refractivity contribution >= 4 is 11.9 Å². The molecule has 158 valence electrons. The highest BCUT2D eigenvalue weighted by atomic mass is 16.4. The lowest BCUT2D eigenvalue weighted by Crippen LogP contribution is -2.24. The average molecular weight is 385 g/mol. The highest BCUT2D eigenvalue weighted by Crippen LogP contribution is 2.06. The monoisotopic (exact) mass is 384 g/mol. The van der Waals surface area contributed by atoms with Crippen LogP contribution in [0.25, 0.3) is 0 Å². The van der Waals surface area contributed by atoms with Crippen molar-refractivity contribution in [3.63, 3.8) is 0 Å². The number of rotatable bonds is 15. The van der Waals surface area contributed by atoms with Crippen LogP contribution in [0.3, 0.4) is 0 Å². The van der Waals surface area contributed by atoms with Crippen LogP contribution in [0.2, 0.25) is 0 Å². The van der Waals surface area contributed by atoms with Crippen LogP contribution >= 0.6 is 0 Å². The molecule has 0 fully saturated rings. The molecule has 0 aromatic carbocycles. The summed E-state index contributed by atoms with van der Waals surface area (Å²) in [6, 6.07) is 0. The van der Waals surface area contributed by atoms with Crippen molar-refractivity contribution < 1.29 is 19.8 Å². The van der Waals surface area contributed by atoms with Crippen LogP contribution in [0.5, 0.6) is 0 Å². The fraction of sp³-hybridized carbons (Fsp3) is 0.714. The molecule has 0 rings (SSSR count). The molecule has 0 saturated heterocycles. The lowest BCUT2D eigenvalue weighted by molar-refractivity contribution is -0.133. The van der Waals surface area contributed by atoms with Crippen molar-refractivity contribution in [2.24, 2.45) is 0 Å². The zero-order chi connectivity index (χ0) is 21.2. The van der Waals surface area contributed by atoms with E-state index in [-0.39, 0.29) is 0 Å². The molecule has 0 radical (unpaired) electrons. The fourth-order valence-electron chi connectivity index (χ4n) is 2.48. The van der Waals surface area contributed by atoms with E-state index >= 15 is 0 Å². The first-order chi connectivity index (χ1) is 12.7. The summed E-state index contributed by atoms with van der Waals surface area (Å²) in [5, 5.41) is 17.1. The van der Waals surface area contributed by atoms with Crippen LogP contribution in [0.4, 0.5) is 0 Å². The van der Waals surface area contributed by atoms with Gasteiger partial charge in [0.05, 0.1) is 0 Å². The summed E-state index contributed by atoms with van der Waals surface area (Å²) in [6.45, 7) is 21.7. The third kappa shape index (κ3) is 16.3. The topological polar surface area (TPSA) is 81.1 Å². The lowest BCUT2D eigenvalue weighted by Gasteiger charge is -2.17. The fourth-order valence-corrected chi connectivity index (χ4v) is 2.48. The maximum atomic E-state index is 10.4. The van der Waals surface area contributed by atoms with Crippen LogP contribution < -0.4 is 0 Å². The molecule has 0 bridgehead atoms. The predicted molar refractivity (Wildman–Crippen MR) is 112 cm³/mol. The second-order valence-electron chi connectivity index (χ2n) is 6.43. The third-order valence-corrected chi connectivity index (χ3v) is 4.55. The van der Waals surface area contributed by atoms with Crippen molar-refractivity contribution in [2.75, 3.05) is 39.3 Å². The van der Waals surface area contributed by atoms with Gasteiger partial charge in [0.1, 0.15) is 0 Å². The van der Waals surface area contributed by atoms with Gasteiger partial charge in [-0.25, -0.2) is 9.59 Å². The van der Waals surface area contributed by atoms with Gasteiger partial charge < -0.3 is 20.0 Å². The van der Waals surface area contributed by atoms with E-state index in [2.05, 4.69) is 50.7 Å². The summed E-state index contributed by atoms with van der Waals surface area (Å²) in [4.78, 5) is 25.4. The molecule has 0 aromatic heterocycles. The predicted octanol–water partition coefficient (Wildman–Crippen LogP) is 3.89. The van der Waals surface area contributed by atoms with Gasteiger partial charge in [-0.15, -0.1) is 0 Å². The van der Waals surface area contributed by atoms with Gasteiger partial charge in [-0.05, 0) is 71.4 Å². The molecule has 27 heavy (non-hydrogen) atoms. The zero-order valence-corrected chi connectivity index (χ0v) is 17.8. The van der Waals surface area contributed by atoms with Gasteiger partial charge in [-0.3, -0.25) is 0 Å². The van der Waals surface area contributed by atoms with Gasteiger partial charge in [-0.1, -0.05) is 40.9 Å². The average Bonchev–Trinajstić information content (AvgIpc) is 2.65. The molecule has 0 aliphatic rings. The Hall–Kier alpha value is -1.66. The molecule has 6 nitrogen and oxygen atoms in total. The molecular formula is C21H40N2O4. The van der Waals surface area contributed by atoms with Crippen LogP contribution in [-0.4, -0.2) is 71.2 Å². The maximum absolute atomic E-state index is 10.4. The third-order valence-electron chi connectivity index (χ3n) is 4.55. The van der Waals surface area contributed by atoms with Crippen LogP contribution in [-0.2, 0) is 9.59 Å². The minimum atomic E-state index is -0.875. The number of hydrogen-bond acceptors (Lipinski definition) is 4. The molecular weight excluding hydrogens is 344 g/mol. The van der Waals surface area contributed by atoms with Gasteiger partial charge in [0, 0.05) is 11.1 Å². The Labute approximate surface area is 165 Å². The van der Waals surface area contributed by atoms with Crippen molar-refractivity contribution in [3.05, 3.63) is 24.3 Å². The van der Waals surface area contributed by atoms with Gasteiger partial charge in [-0.2, -0.15) is 0 Å². The van der Waals surface area contributed by atoms with Gasteiger partial charge in [0.15, 0.2) is 0 Å². The minimum absolute atomic E-state index is 0.312. The van der Waals surface area contributed by atoms with Crippen molar-refractivity contribution in [1.29, 1.82) is 0 Å². The molecule has 0 saturated carbocycles. The van der Waals surface area contributed by atoms with Crippen molar-refractivity contribution in [2.45, 2.75) is 59.8 Å². The van der Waals surface area contributed by atoms with Gasteiger partial charge in [0.25, 0.3) is 0 Å². The first-order valence-corrected chi connectivity index (χ1v) is 10.00. The highest BCUT2D eigenvalue weighted by molar-refractivity contribution is 5.85. The number of carboxylic acid groups (broad SMARTS) is 2. The molecule has 0 aliphatic carbocycles. The standard InChI is InChI=1S/C11H21NO2.C10H19NO2/c1-4-12(5-2)9-7-6-8-10(3)11(13)14;1-4-11(5-2)8-6-7-9(3)10(12)13/h3-9H2,1-2H3,(H,13,14);3-8H2,1-2H3,(H,12,13). The molecule has 0 amide bonds. The van der Waals surface area contributed by atoms with E-state index in [9.17, 15) is 9.59 Å². The second-order valence-corrected chi connectivity index (χ2v) is 6.43. The smallest absolute Gasteiger partial charge is 0.330 e. The SMILES string of the molecule is C=C(CCCCN(CC)CC)C(=O)O.C=C(CCCN(CC)CC)C(=O)O. The largest absolute Gasteiger partial charge is 0.478 e. The number of hydrogen-bond donors (Lipinski definition) is 2. The Morgan fingerprint density at radius 3 is 1.33 bits per heavy atom. The molecule has 0 atom stereocenters. The van der Waals surface area contributed by atoms with Gasteiger partial charge in [0.2, 0.25) is 0 Å². The molecule has 0 spiro atoms. The number of carboxylic acids is 2. The Morgan fingerprint density at radius 1 is 0.667 bits per heavy atom. The van der Waals surface area contributed by atoms with E-state index < -0.39 is 11.9 Å². The van der Waals surface area contributed by atoms with Crippen molar-refractivity contribution in [3.8, 4) is 0 Å². The Kier molecular flexibility index (Phi) is 18.1. The summed E-state index contributed by atoms with van der Waals surface area (Å²) in [5.41, 5.74) is 0.636. The van der Waals surface area contributed by atoms with Crippen molar-refractivity contribution in [1.82, 2.24) is 9.80 Å². The van der Waals surface area contributed by atoms with Crippen LogP contribution in [0.15, 0.2) is 24.3 Å². The van der Waals surface area contributed by atoms with Crippen LogP contribution in [0, 0.1) is 0 Å². The van der Waals surface area contributed by atoms with E-state index in [1.54, 1.807) is 0 Å². The summed E-state index contributed by atoms with van der Waals surface area (Å²) >= 11 is 0. The molecule has 0 aromatic rings. The van der Waals surface area contributed by atoms with E-state index in [0.29, 0.717) is 24.0 Å². The minimum Gasteiger partial charge on any atom is -0.478 e. The number of unbranched alkanes of at least 4 members (excludes halogenated alkanes) is 1. The summed E-state index contributed by atoms with van der Waals surface area (Å²) in [7, 11) is 0. The molecule has 0 heterocycles. The lowest BCUT2D eigenvalue weighted by atomic mass is 10.1. The molecule has 0 unspecified atom stereocenters. The second kappa shape index (κ2) is 17.7. The molecule has 0 aliphatic heterocycles. The summed E-state index contributed by atoms with van der Waals surface area (Å²) in [5.74, 6) is -1.74. The quantitative estimate of drug-likeness (QED) is 0.329. The summed E-state index contributed by atoms with van der Waals surface area (Å²) in [6.07, 6.45) is 4.05. The highest BCUT2D eigenvalue weighted by Gasteiger charge is 2.05. The van der Waals surface area contributed by atoms with E-state index in [4.69, 9.17) is 10.2 Å². The Bertz CT molecular complexity index is 441. The van der Waals surface area contributed by atoms with Crippen LogP contribution in [0.1, 0.15) is 59.8 Å². The molecule has 2 N–H and O–H groups in total. The first kappa shape index (κ1) is 27.6. The van der Waals surface area contributed by atoms with E-state index in [0.717, 1.165) is 58.5 Å². The zero-order valence-electron chi connectivity index (χ0n) is 17.8. The number of nitrogens with zero attached hydrogens (tertiary/aromatic N) is 2. The summed E-state index contributed by atoms with van der Waals surface area (Å²) < 4.78 is 0. The van der Waals surface area contributed by atoms with Gasteiger partial charge >= 0.3 is 11.9 Å². The number of carbonyl (C=O) groups is 2. The maximum Gasteiger partial charge on any atom is 0.330 e. The first-order valence-electron chi connectivity index (χ1n) is 10.00.